The number of aromatic nitrogens is 1. The number of aromatic amines is 1. The fourth-order valence-corrected chi connectivity index (χ4v) is 3.17. The molecule has 26 heavy (non-hydrogen) atoms. The van der Waals surface area contributed by atoms with E-state index in [2.05, 4.69) is 10.3 Å². The number of ether oxygens (including phenoxy) is 1. The largest absolute Gasteiger partial charge is 0.372 e. The average molecular weight is 359 g/mol. The molecule has 6 nitrogen and oxygen atoms in total. The topological polar surface area (TPSA) is 74.4 Å². The predicted molar refractivity (Wildman–Crippen MR) is 96.9 cm³/mol. The number of amides is 1. The van der Waals surface area contributed by atoms with Crippen molar-refractivity contribution in [2.24, 2.45) is 0 Å². The van der Waals surface area contributed by atoms with Gasteiger partial charge in [-0.3, -0.25) is 9.59 Å². The van der Waals surface area contributed by atoms with E-state index in [1.807, 2.05) is 18.7 Å². The number of rotatable bonds is 4. The molecule has 2 N–H and O–H groups in total. The molecule has 0 unspecified atom stereocenters. The smallest absolute Gasteiger partial charge is 0.260 e. The summed E-state index contributed by atoms with van der Waals surface area (Å²) >= 11 is 0. The molecule has 0 aliphatic carbocycles. The third-order valence-electron chi connectivity index (χ3n) is 4.29. The third-order valence-corrected chi connectivity index (χ3v) is 4.29. The third kappa shape index (κ3) is 4.11. The lowest BCUT2D eigenvalue weighted by Crippen LogP contribution is -2.45. The Hall–Kier alpha value is -2.67. The maximum Gasteiger partial charge on any atom is 0.260 e. The fraction of sp³-hybridized carbons (Fsp3) is 0.368. The van der Waals surface area contributed by atoms with Crippen molar-refractivity contribution in [3.63, 3.8) is 0 Å². The van der Waals surface area contributed by atoms with Crippen molar-refractivity contribution in [3.8, 4) is 0 Å². The Morgan fingerprint density at radius 2 is 2.04 bits per heavy atom. The Morgan fingerprint density at radius 3 is 2.69 bits per heavy atom. The number of nitrogens with zero attached hydrogens (tertiary/aromatic N) is 1. The Bertz CT molecular complexity index is 842. The number of anilines is 1. The molecule has 2 heterocycles. The van der Waals surface area contributed by atoms with Gasteiger partial charge in [0, 0.05) is 25.8 Å². The molecule has 1 aromatic carbocycles. The van der Waals surface area contributed by atoms with Gasteiger partial charge in [-0.15, -0.1) is 0 Å². The Morgan fingerprint density at radius 1 is 1.31 bits per heavy atom. The van der Waals surface area contributed by atoms with Gasteiger partial charge in [-0.2, -0.15) is 0 Å². The molecule has 0 spiro atoms. The molecule has 1 aromatic heterocycles. The number of carbonyl (C=O) groups is 1. The summed E-state index contributed by atoms with van der Waals surface area (Å²) in [6.07, 6.45) is 1.54. The van der Waals surface area contributed by atoms with E-state index in [0.717, 1.165) is 0 Å². The number of benzene rings is 1. The van der Waals surface area contributed by atoms with Crippen LogP contribution in [0.2, 0.25) is 0 Å². The SMILES string of the molecule is C[C@@H]1CN(c2ccc(CNC(=O)c3ccc[nH]c3=O)cc2F)C[C@@H](C)O1. The van der Waals surface area contributed by atoms with Crippen molar-refractivity contribution < 1.29 is 13.9 Å². The number of H-pyrrole nitrogens is 1. The van der Waals surface area contributed by atoms with Gasteiger partial charge in [0.2, 0.25) is 0 Å². The monoisotopic (exact) mass is 359 g/mol. The summed E-state index contributed by atoms with van der Waals surface area (Å²) < 4.78 is 20.2. The van der Waals surface area contributed by atoms with Gasteiger partial charge < -0.3 is 19.9 Å². The summed E-state index contributed by atoms with van der Waals surface area (Å²) in [4.78, 5) is 28.1. The first-order chi connectivity index (χ1) is 12.4. The number of carbonyl (C=O) groups excluding carboxylic acids is 1. The van der Waals surface area contributed by atoms with Gasteiger partial charge in [0.15, 0.2) is 0 Å². The fourth-order valence-electron chi connectivity index (χ4n) is 3.17. The molecule has 1 saturated heterocycles. The normalized spacial score (nSPS) is 20.0. The number of nitrogens with one attached hydrogen (secondary N) is 2. The van der Waals surface area contributed by atoms with Crippen molar-refractivity contribution in [2.75, 3.05) is 18.0 Å². The molecule has 138 valence electrons. The van der Waals surface area contributed by atoms with Crippen LogP contribution in [0.1, 0.15) is 29.8 Å². The zero-order valence-corrected chi connectivity index (χ0v) is 14.8. The van der Waals surface area contributed by atoms with Gasteiger partial charge in [-0.1, -0.05) is 6.07 Å². The summed E-state index contributed by atoms with van der Waals surface area (Å²) in [6, 6.07) is 7.93. The quantitative estimate of drug-likeness (QED) is 0.876. The minimum atomic E-state index is -0.493. The van der Waals surface area contributed by atoms with Crippen LogP contribution in [0.15, 0.2) is 41.3 Å². The molecule has 0 radical (unpaired) electrons. The molecule has 0 bridgehead atoms. The summed E-state index contributed by atoms with van der Waals surface area (Å²) in [5.41, 5.74) is 0.728. The highest BCUT2D eigenvalue weighted by molar-refractivity contribution is 5.93. The molecule has 2 aromatic rings. The zero-order chi connectivity index (χ0) is 18.7. The molecule has 0 saturated carbocycles. The lowest BCUT2D eigenvalue weighted by molar-refractivity contribution is -0.00539. The number of pyridine rings is 1. The highest BCUT2D eigenvalue weighted by atomic mass is 19.1. The van der Waals surface area contributed by atoms with Crippen LogP contribution < -0.4 is 15.8 Å². The van der Waals surface area contributed by atoms with Crippen LogP contribution in [0.3, 0.4) is 0 Å². The number of hydrogen-bond donors (Lipinski definition) is 2. The van der Waals surface area contributed by atoms with Crippen molar-refractivity contribution in [1.29, 1.82) is 0 Å². The molecule has 1 aliphatic heterocycles. The Balaban J connectivity index is 1.67. The van der Waals surface area contributed by atoms with Crippen LogP contribution in [0.5, 0.6) is 0 Å². The second-order valence-corrected chi connectivity index (χ2v) is 6.54. The van der Waals surface area contributed by atoms with E-state index in [1.54, 1.807) is 18.2 Å². The second kappa shape index (κ2) is 7.70. The number of morpholine rings is 1. The van der Waals surface area contributed by atoms with Crippen molar-refractivity contribution in [3.05, 3.63) is 63.8 Å². The van der Waals surface area contributed by atoms with E-state index >= 15 is 0 Å². The standard InChI is InChI=1S/C19H22FN3O3/c1-12-10-23(11-13(2)26-12)17-6-5-14(8-16(17)20)9-22-19(25)15-4-3-7-21-18(15)24/h3-8,12-13H,9-11H2,1-2H3,(H,21,24)(H,22,25)/t12-,13-/m1/s1. The van der Waals surface area contributed by atoms with Gasteiger partial charge in [0.25, 0.3) is 11.5 Å². The minimum Gasteiger partial charge on any atom is -0.372 e. The summed E-state index contributed by atoms with van der Waals surface area (Å²) in [6.45, 7) is 5.34. The van der Waals surface area contributed by atoms with Crippen LogP contribution in [-0.2, 0) is 11.3 Å². The summed E-state index contributed by atoms with van der Waals surface area (Å²) in [5.74, 6) is -0.831. The zero-order valence-electron chi connectivity index (χ0n) is 14.8. The van der Waals surface area contributed by atoms with Gasteiger partial charge >= 0.3 is 0 Å². The van der Waals surface area contributed by atoms with E-state index in [1.165, 1.54) is 18.3 Å². The van der Waals surface area contributed by atoms with E-state index in [0.29, 0.717) is 24.3 Å². The van der Waals surface area contributed by atoms with E-state index in [4.69, 9.17) is 4.74 Å². The van der Waals surface area contributed by atoms with Gasteiger partial charge in [-0.25, -0.2) is 4.39 Å². The highest BCUT2D eigenvalue weighted by Crippen LogP contribution is 2.24. The molecule has 1 amide bonds. The maximum atomic E-state index is 14.6. The summed E-state index contributed by atoms with van der Waals surface area (Å²) in [7, 11) is 0. The van der Waals surface area contributed by atoms with Gasteiger partial charge in [0.1, 0.15) is 11.4 Å². The minimum absolute atomic E-state index is 0.0286. The number of halogens is 1. The van der Waals surface area contributed by atoms with E-state index in [-0.39, 0.29) is 30.1 Å². The van der Waals surface area contributed by atoms with Crippen molar-refractivity contribution in [2.45, 2.75) is 32.6 Å². The molecule has 2 atom stereocenters. The van der Waals surface area contributed by atoms with Crippen LogP contribution in [0.25, 0.3) is 0 Å². The maximum absolute atomic E-state index is 14.6. The van der Waals surface area contributed by atoms with Crippen molar-refractivity contribution >= 4 is 11.6 Å². The van der Waals surface area contributed by atoms with Crippen LogP contribution in [0, 0.1) is 5.82 Å². The first-order valence-corrected chi connectivity index (χ1v) is 8.59. The average Bonchev–Trinajstić information content (AvgIpc) is 2.59. The van der Waals surface area contributed by atoms with Gasteiger partial charge in [0.05, 0.1) is 17.9 Å². The molecular weight excluding hydrogens is 337 g/mol. The highest BCUT2D eigenvalue weighted by Gasteiger charge is 2.24. The van der Waals surface area contributed by atoms with Crippen LogP contribution >= 0.6 is 0 Å². The lowest BCUT2D eigenvalue weighted by atomic mass is 10.1. The van der Waals surface area contributed by atoms with E-state index < -0.39 is 11.5 Å². The second-order valence-electron chi connectivity index (χ2n) is 6.54. The molecule has 7 heteroatoms. The molecule has 1 fully saturated rings. The first kappa shape index (κ1) is 18.1. The molecular formula is C19H22FN3O3. The Kier molecular flexibility index (Phi) is 5.37. The predicted octanol–water partition coefficient (Wildman–Crippen LogP) is 2.06. The van der Waals surface area contributed by atoms with E-state index in [9.17, 15) is 14.0 Å². The Labute approximate surface area is 151 Å². The van der Waals surface area contributed by atoms with Crippen LogP contribution in [-0.4, -0.2) is 36.2 Å². The molecule has 3 rings (SSSR count). The van der Waals surface area contributed by atoms with Gasteiger partial charge in [-0.05, 0) is 43.7 Å². The number of hydrogen-bond acceptors (Lipinski definition) is 4. The van der Waals surface area contributed by atoms with Crippen LogP contribution in [0.4, 0.5) is 10.1 Å². The first-order valence-electron chi connectivity index (χ1n) is 8.59. The molecule has 1 aliphatic rings. The summed E-state index contributed by atoms with van der Waals surface area (Å²) in [5, 5.41) is 2.64. The van der Waals surface area contributed by atoms with Crippen molar-refractivity contribution in [1.82, 2.24) is 10.3 Å². The lowest BCUT2D eigenvalue weighted by Gasteiger charge is -2.37.